The van der Waals surface area contributed by atoms with Crippen LogP contribution in [-0.2, 0) is 10.0 Å². The second-order valence-corrected chi connectivity index (χ2v) is 8.67. The molecule has 0 radical (unpaired) electrons. The molecule has 158 valence electrons. The fraction of sp³-hybridized carbons (Fsp3) is 0.0870. The first-order valence-corrected chi connectivity index (χ1v) is 10.9. The van der Waals surface area contributed by atoms with Crippen molar-refractivity contribution in [2.24, 2.45) is 0 Å². The number of nitrogens with one attached hydrogen (secondary N) is 1. The Hall–Kier alpha value is -3.78. The third-order valence-electron chi connectivity index (χ3n) is 4.58. The Balaban J connectivity index is 1.61. The lowest BCUT2D eigenvalue weighted by Crippen LogP contribution is -2.30. The third-order valence-corrected chi connectivity index (χ3v) is 5.95. The SMILES string of the molecule is CN(C)c1ccc2cc(C(=O)NS(=O)(=O)c3ccccc3Oc3ccccc3)oc2c1. The van der Waals surface area contributed by atoms with Gasteiger partial charge in [0.1, 0.15) is 22.0 Å². The van der Waals surface area contributed by atoms with Gasteiger partial charge in [0, 0.05) is 31.2 Å². The zero-order valence-corrected chi connectivity index (χ0v) is 17.7. The summed E-state index contributed by atoms with van der Waals surface area (Å²) in [7, 11) is -0.434. The molecule has 1 aromatic heterocycles. The predicted octanol–water partition coefficient (Wildman–Crippen LogP) is 4.41. The van der Waals surface area contributed by atoms with Crippen molar-refractivity contribution in [3.05, 3.63) is 84.6 Å². The molecule has 0 saturated heterocycles. The van der Waals surface area contributed by atoms with Crippen LogP contribution in [0.1, 0.15) is 10.6 Å². The van der Waals surface area contributed by atoms with Crippen LogP contribution in [0.2, 0.25) is 0 Å². The van der Waals surface area contributed by atoms with E-state index in [1.807, 2.05) is 37.2 Å². The van der Waals surface area contributed by atoms with E-state index < -0.39 is 15.9 Å². The summed E-state index contributed by atoms with van der Waals surface area (Å²) in [6.07, 6.45) is 0. The van der Waals surface area contributed by atoms with Gasteiger partial charge in [-0.3, -0.25) is 4.79 Å². The second-order valence-electron chi connectivity index (χ2n) is 7.02. The van der Waals surface area contributed by atoms with Crippen LogP contribution >= 0.6 is 0 Å². The lowest BCUT2D eigenvalue weighted by atomic mass is 10.2. The summed E-state index contributed by atoms with van der Waals surface area (Å²) in [5, 5.41) is 0.695. The highest BCUT2D eigenvalue weighted by Crippen LogP contribution is 2.29. The molecule has 0 bridgehead atoms. The van der Waals surface area contributed by atoms with Crippen LogP contribution in [0.4, 0.5) is 5.69 Å². The minimum absolute atomic E-state index is 0.101. The summed E-state index contributed by atoms with van der Waals surface area (Å²) in [4.78, 5) is 14.4. The summed E-state index contributed by atoms with van der Waals surface area (Å²) in [5.74, 6) is -0.382. The standard InChI is InChI=1S/C23H20N2O5S/c1-25(2)17-13-12-16-14-21(30-20(16)15-17)23(26)24-31(27,28)22-11-7-6-10-19(22)29-18-8-4-3-5-9-18/h3-15H,1-2H3,(H,24,26). The summed E-state index contributed by atoms with van der Waals surface area (Å²) in [6, 6.07) is 21.9. The minimum Gasteiger partial charge on any atom is -0.456 e. The van der Waals surface area contributed by atoms with E-state index in [0.717, 1.165) is 5.69 Å². The van der Waals surface area contributed by atoms with Crippen LogP contribution in [-0.4, -0.2) is 28.4 Å². The first kappa shape index (κ1) is 20.5. The molecule has 31 heavy (non-hydrogen) atoms. The van der Waals surface area contributed by atoms with Crippen molar-refractivity contribution < 1.29 is 22.4 Å². The first-order valence-electron chi connectivity index (χ1n) is 9.43. The number of carbonyl (C=O) groups is 1. The zero-order chi connectivity index (χ0) is 22.0. The lowest BCUT2D eigenvalue weighted by molar-refractivity contribution is 0.0956. The maximum atomic E-state index is 12.9. The highest BCUT2D eigenvalue weighted by Gasteiger charge is 2.25. The molecule has 1 heterocycles. The first-order chi connectivity index (χ1) is 14.8. The van der Waals surface area contributed by atoms with Gasteiger partial charge in [-0.2, -0.15) is 0 Å². The minimum atomic E-state index is -4.21. The lowest BCUT2D eigenvalue weighted by Gasteiger charge is -2.12. The average molecular weight is 436 g/mol. The number of furan rings is 1. The number of benzene rings is 3. The molecule has 0 aliphatic carbocycles. The highest BCUT2D eigenvalue weighted by molar-refractivity contribution is 7.90. The normalized spacial score (nSPS) is 11.3. The highest BCUT2D eigenvalue weighted by atomic mass is 32.2. The quantitative estimate of drug-likeness (QED) is 0.482. The van der Waals surface area contributed by atoms with Gasteiger partial charge >= 0.3 is 5.91 Å². The van der Waals surface area contributed by atoms with Gasteiger partial charge in [-0.25, -0.2) is 13.1 Å². The molecule has 0 unspecified atom stereocenters. The summed E-state index contributed by atoms with van der Waals surface area (Å²) in [6.45, 7) is 0. The Kier molecular flexibility index (Phi) is 5.39. The Morgan fingerprint density at radius 3 is 2.39 bits per heavy atom. The van der Waals surface area contributed by atoms with Crippen LogP contribution < -0.4 is 14.4 Å². The number of para-hydroxylation sites is 2. The third kappa shape index (κ3) is 4.39. The van der Waals surface area contributed by atoms with Crippen LogP contribution in [0.3, 0.4) is 0 Å². The maximum Gasteiger partial charge on any atom is 0.300 e. The number of fused-ring (bicyclic) bond motifs is 1. The fourth-order valence-electron chi connectivity index (χ4n) is 3.01. The molecule has 7 nitrogen and oxygen atoms in total. The van der Waals surface area contributed by atoms with Gasteiger partial charge in [-0.05, 0) is 42.5 Å². The van der Waals surface area contributed by atoms with Crippen LogP contribution in [0.25, 0.3) is 11.0 Å². The largest absolute Gasteiger partial charge is 0.456 e. The fourth-order valence-corrected chi connectivity index (χ4v) is 4.10. The molecule has 0 fully saturated rings. The molecular formula is C23H20N2O5S. The molecule has 1 N–H and O–H groups in total. The second kappa shape index (κ2) is 8.16. The van der Waals surface area contributed by atoms with Crippen molar-refractivity contribution in [3.63, 3.8) is 0 Å². The van der Waals surface area contributed by atoms with E-state index in [1.54, 1.807) is 42.5 Å². The van der Waals surface area contributed by atoms with Gasteiger partial charge in [-0.15, -0.1) is 0 Å². The molecule has 0 spiro atoms. The Morgan fingerprint density at radius 2 is 1.65 bits per heavy atom. The van der Waals surface area contributed by atoms with Crippen molar-refractivity contribution in [2.45, 2.75) is 4.90 Å². The summed E-state index contributed by atoms with van der Waals surface area (Å²) >= 11 is 0. The number of sulfonamides is 1. The molecule has 0 aliphatic rings. The van der Waals surface area contributed by atoms with Crippen molar-refractivity contribution >= 4 is 32.6 Å². The van der Waals surface area contributed by atoms with E-state index in [4.69, 9.17) is 9.15 Å². The van der Waals surface area contributed by atoms with E-state index in [-0.39, 0.29) is 16.4 Å². The van der Waals surface area contributed by atoms with E-state index in [1.165, 1.54) is 18.2 Å². The van der Waals surface area contributed by atoms with E-state index in [0.29, 0.717) is 16.7 Å². The van der Waals surface area contributed by atoms with Crippen molar-refractivity contribution in [2.75, 3.05) is 19.0 Å². The molecular weight excluding hydrogens is 416 g/mol. The van der Waals surface area contributed by atoms with Gasteiger partial charge in [-0.1, -0.05) is 30.3 Å². The Labute approximate surface area is 179 Å². The average Bonchev–Trinajstić information content (AvgIpc) is 3.18. The molecule has 8 heteroatoms. The number of amides is 1. The zero-order valence-electron chi connectivity index (χ0n) is 16.9. The number of nitrogens with zero attached hydrogens (tertiary/aromatic N) is 1. The molecule has 0 saturated carbocycles. The van der Waals surface area contributed by atoms with Gasteiger partial charge in [0.25, 0.3) is 10.0 Å². The molecule has 0 aliphatic heterocycles. The van der Waals surface area contributed by atoms with Crippen molar-refractivity contribution in [1.29, 1.82) is 0 Å². The van der Waals surface area contributed by atoms with E-state index in [9.17, 15) is 13.2 Å². The Morgan fingerprint density at radius 1 is 0.935 bits per heavy atom. The summed E-state index contributed by atoms with van der Waals surface area (Å²) < 4.78 is 39.2. The molecule has 3 aromatic carbocycles. The molecule has 0 atom stereocenters. The predicted molar refractivity (Wildman–Crippen MR) is 118 cm³/mol. The number of hydrogen-bond donors (Lipinski definition) is 1. The van der Waals surface area contributed by atoms with Crippen LogP contribution in [0.15, 0.2) is 88.2 Å². The van der Waals surface area contributed by atoms with Gasteiger partial charge < -0.3 is 14.1 Å². The van der Waals surface area contributed by atoms with E-state index >= 15 is 0 Å². The number of hydrogen-bond acceptors (Lipinski definition) is 6. The van der Waals surface area contributed by atoms with Crippen LogP contribution in [0, 0.1) is 0 Å². The molecule has 4 rings (SSSR count). The van der Waals surface area contributed by atoms with Crippen LogP contribution in [0.5, 0.6) is 11.5 Å². The molecule has 1 amide bonds. The number of rotatable bonds is 6. The molecule has 4 aromatic rings. The van der Waals surface area contributed by atoms with Crippen molar-refractivity contribution in [3.8, 4) is 11.5 Å². The number of anilines is 1. The van der Waals surface area contributed by atoms with Gasteiger partial charge in [0.15, 0.2) is 5.76 Å². The van der Waals surface area contributed by atoms with Gasteiger partial charge in [0.2, 0.25) is 0 Å². The number of carbonyl (C=O) groups excluding carboxylic acids is 1. The van der Waals surface area contributed by atoms with Gasteiger partial charge in [0.05, 0.1) is 0 Å². The maximum absolute atomic E-state index is 12.9. The Bertz CT molecular complexity index is 1340. The van der Waals surface area contributed by atoms with E-state index in [2.05, 4.69) is 4.72 Å². The summed E-state index contributed by atoms with van der Waals surface area (Å²) in [5.41, 5.74) is 1.38. The number of ether oxygens (including phenoxy) is 1. The topological polar surface area (TPSA) is 88.9 Å². The smallest absolute Gasteiger partial charge is 0.300 e. The monoisotopic (exact) mass is 436 g/mol. The van der Waals surface area contributed by atoms with Crippen molar-refractivity contribution in [1.82, 2.24) is 4.72 Å².